The van der Waals surface area contributed by atoms with Gasteiger partial charge in [0, 0.05) is 0 Å². The van der Waals surface area contributed by atoms with Gasteiger partial charge in [0.2, 0.25) is 0 Å². The van der Waals surface area contributed by atoms with Crippen molar-refractivity contribution >= 4 is 21.6 Å². The third-order valence-electron chi connectivity index (χ3n) is 2.90. The maximum Gasteiger partial charge on any atom is 0.373 e. The molecule has 112 valence electrons. The number of Topliss-reactive ketones (excluding diaryl/α,β-unsaturated/α-hetero) is 1. The van der Waals surface area contributed by atoms with Crippen LogP contribution in [0.1, 0.15) is 58.3 Å². The molecule has 0 bridgehead atoms. The summed E-state index contributed by atoms with van der Waals surface area (Å²) in [6.45, 7) is 2.16. The molecule has 1 N–H and O–H groups in total. The van der Waals surface area contributed by atoms with Crippen LogP contribution in [0.15, 0.2) is 0 Å². The minimum atomic E-state index is -3.56. The second-order valence-corrected chi connectivity index (χ2v) is 6.98. The van der Waals surface area contributed by atoms with Crippen molar-refractivity contribution in [3.63, 3.8) is 0 Å². The molecule has 5 nitrogen and oxygen atoms in total. The number of hydrogen-bond donors (Lipinski definition) is 1. The average Bonchev–Trinajstić information content (AvgIpc) is 2.31. The van der Waals surface area contributed by atoms with Gasteiger partial charge < -0.3 is 5.11 Å². The fourth-order valence-corrected chi connectivity index (χ4v) is 3.10. The summed E-state index contributed by atoms with van der Waals surface area (Å²) in [6.07, 6.45) is 8.26. The van der Waals surface area contributed by atoms with Crippen LogP contribution in [0, 0.1) is 0 Å². The number of hydrogen-bond acceptors (Lipinski definition) is 4. The van der Waals surface area contributed by atoms with Gasteiger partial charge in [0.25, 0.3) is 5.78 Å². The Hall–Kier alpha value is -0.910. The Morgan fingerprint density at radius 2 is 1.37 bits per heavy atom. The number of carbonyl (C=O) groups excluding carboxylic acids is 1. The monoisotopic (exact) mass is 292 g/mol. The Morgan fingerprint density at radius 1 is 0.895 bits per heavy atom. The summed E-state index contributed by atoms with van der Waals surface area (Å²) in [5, 5.41) is 8.34. The second kappa shape index (κ2) is 9.95. The van der Waals surface area contributed by atoms with E-state index in [4.69, 9.17) is 5.11 Å². The number of rotatable bonds is 12. The van der Waals surface area contributed by atoms with E-state index in [0.717, 1.165) is 19.3 Å². The van der Waals surface area contributed by atoms with E-state index in [1.165, 1.54) is 25.7 Å². The van der Waals surface area contributed by atoms with Crippen LogP contribution in [-0.2, 0) is 19.4 Å². The molecule has 0 unspecified atom stereocenters. The fraction of sp³-hybridized carbons (Fsp3) is 0.846. The molecule has 19 heavy (non-hydrogen) atoms. The zero-order valence-electron chi connectivity index (χ0n) is 11.6. The molecule has 0 aliphatic heterocycles. The van der Waals surface area contributed by atoms with Crippen molar-refractivity contribution in [2.75, 3.05) is 11.5 Å². The third-order valence-corrected chi connectivity index (χ3v) is 4.51. The van der Waals surface area contributed by atoms with Gasteiger partial charge in [-0.05, 0) is 6.42 Å². The first-order valence-corrected chi connectivity index (χ1v) is 8.67. The van der Waals surface area contributed by atoms with Crippen molar-refractivity contribution in [1.82, 2.24) is 0 Å². The second-order valence-electron chi connectivity index (χ2n) is 4.80. The quantitative estimate of drug-likeness (QED) is 0.440. The summed E-state index contributed by atoms with van der Waals surface area (Å²) in [5.74, 6) is -3.90. The molecule has 0 saturated heterocycles. The Labute approximate surface area is 115 Å². The summed E-state index contributed by atoms with van der Waals surface area (Å²) in [6, 6.07) is 0. The van der Waals surface area contributed by atoms with Crippen LogP contribution < -0.4 is 0 Å². The first-order chi connectivity index (χ1) is 8.89. The summed E-state index contributed by atoms with van der Waals surface area (Å²) in [7, 11) is -3.56. The largest absolute Gasteiger partial charge is 0.475 e. The van der Waals surface area contributed by atoms with E-state index in [1.54, 1.807) is 0 Å². The Bertz CT molecular complexity index is 372. The van der Waals surface area contributed by atoms with Crippen molar-refractivity contribution in [2.45, 2.75) is 58.3 Å². The molecule has 0 amide bonds. The van der Waals surface area contributed by atoms with E-state index < -0.39 is 27.3 Å². The molecule has 0 aliphatic rings. The molecule has 0 fully saturated rings. The van der Waals surface area contributed by atoms with Gasteiger partial charge in [0.05, 0.1) is 5.75 Å². The van der Waals surface area contributed by atoms with Crippen LogP contribution in [0.3, 0.4) is 0 Å². The van der Waals surface area contributed by atoms with Crippen molar-refractivity contribution in [2.24, 2.45) is 0 Å². The molecule has 6 heteroatoms. The highest BCUT2D eigenvalue weighted by molar-refractivity contribution is 7.92. The lowest BCUT2D eigenvalue weighted by molar-refractivity contribution is -0.147. The fourth-order valence-electron chi connectivity index (χ4n) is 1.79. The number of carboxylic acid groups (broad SMARTS) is 1. The number of carbonyl (C=O) groups is 2. The average molecular weight is 292 g/mol. The van der Waals surface area contributed by atoms with Gasteiger partial charge in [0.15, 0.2) is 9.84 Å². The van der Waals surface area contributed by atoms with Crippen LogP contribution in [0.4, 0.5) is 0 Å². The molecule has 0 atom stereocenters. The van der Waals surface area contributed by atoms with Gasteiger partial charge in [-0.15, -0.1) is 0 Å². The third kappa shape index (κ3) is 10.7. The Balaban J connectivity index is 3.65. The maximum absolute atomic E-state index is 11.4. The molecule has 0 aromatic carbocycles. The van der Waals surface area contributed by atoms with E-state index in [0.29, 0.717) is 6.42 Å². The smallest absolute Gasteiger partial charge is 0.373 e. The van der Waals surface area contributed by atoms with Gasteiger partial charge in [0.1, 0.15) is 5.75 Å². The van der Waals surface area contributed by atoms with Gasteiger partial charge in [-0.1, -0.05) is 51.9 Å². The zero-order valence-corrected chi connectivity index (χ0v) is 12.4. The first kappa shape index (κ1) is 18.1. The van der Waals surface area contributed by atoms with E-state index in [-0.39, 0.29) is 5.75 Å². The molecule has 0 spiro atoms. The summed E-state index contributed by atoms with van der Waals surface area (Å²) in [5.41, 5.74) is 0. The SMILES string of the molecule is CCCCCCCCCCS(=O)(=O)CC(=O)C(=O)O. The molecular formula is C13H24O5S. The number of ketones is 1. The van der Waals surface area contributed by atoms with Gasteiger partial charge in [-0.2, -0.15) is 0 Å². The van der Waals surface area contributed by atoms with Crippen LogP contribution in [0.25, 0.3) is 0 Å². The van der Waals surface area contributed by atoms with Crippen molar-refractivity contribution in [3.8, 4) is 0 Å². The van der Waals surface area contributed by atoms with Crippen molar-refractivity contribution in [1.29, 1.82) is 0 Å². The number of sulfone groups is 1. The minimum absolute atomic E-state index is 0.0962. The molecule has 0 aromatic rings. The Morgan fingerprint density at radius 3 is 1.84 bits per heavy atom. The van der Waals surface area contributed by atoms with Crippen LogP contribution >= 0.6 is 0 Å². The molecule has 0 heterocycles. The highest BCUT2D eigenvalue weighted by Crippen LogP contribution is 2.09. The number of carboxylic acids is 1. The van der Waals surface area contributed by atoms with Crippen molar-refractivity contribution in [3.05, 3.63) is 0 Å². The van der Waals surface area contributed by atoms with E-state index in [1.807, 2.05) is 0 Å². The number of aliphatic carboxylic acids is 1. The lowest BCUT2D eigenvalue weighted by Crippen LogP contribution is -2.25. The van der Waals surface area contributed by atoms with Crippen LogP contribution in [0.2, 0.25) is 0 Å². The molecule has 0 saturated carbocycles. The summed E-state index contributed by atoms with van der Waals surface area (Å²) in [4.78, 5) is 21.1. The van der Waals surface area contributed by atoms with E-state index in [9.17, 15) is 18.0 Å². The summed E-state index contributed by atoms with van der Waals surface area (Å²) < 4.78 is 22.9. The normalized spacial score (nSPS) is 11.4. The Kier molecular flexibility index (Phi) is 9.47. The minimum Gasteiger partial charge on any atom is -0.475 e. The standard InChI is InChI=1S/C13H24O5S/c1-2-3-4-5-6-7-8-9-10-19(17,18)11-12(14)13(15)16/h2-11H2,1H3,(H,15,16). The van der Waals surface area contributed by atoms with Gasteiger partial charge in [-0.3, -0.25) is 4.79 Å². The molecule has 0 rings (SSSR count). The lowest BCUT2D eigenvalue weighted by atomic mass is 10.1. The lowest BCUT2D eigenvalue weighted by Gasteiger charge is -2.03. The zero-order chi connectivity index (χ0) is 14.7. The van der Waals surface area contributed by atoms with E-state index in [2.05, 4.69) is 6.92 Å². The van der Waals surface area contributed by atoms with E-state index >= 15 is 0 Å². The number of unbranched alkanes of at least 4 members (excludes halogenated alkanes) is 7. The van der Waals surface area contributed by atoms with Crippen LogP contribution in [0.5, 0.6) is 0 Å². The molecule has 0 radical (unpaired) electrons. The topological polar surface area (TPSA) is 88.5 Å². The van der Waals surface area contributed by atoms with Gasteiger partial charge >= 0.3 is 5.97 Å². The van der Waals surface area contributed by atoms with Gasteiger partial charge in [-0.25, -0.2) is 13.2 Å². The molecular weight excluding hydrogens is 268 g/mol. The highest BCUT2D eigenvalue weighted by atomic mass is 32.2. The van der Waals surface area contributed by atoms with Crippen LogP contribution in [-0.4, -0.2) is 36.8 Å². The highest BCUT2D eigenvalue weighted by Gasteiger charge is 2.21. The maximum atomic E-state index is 11.4. The predicted octanol–water partition coefficient (Wildman–Crippen LogP) is 2.20. The first-order valence-electron chi connectivity index (χ1n) is 6.85. The molecule has 0 aliphatic carbocycles. The van der Waals surface area contributed by atoms with Crippen molar-refractivity contribution < 1.29 is 23.1 Å². The predicted molar refractivity (Wildman–Crippen MR) is 73.9 cm³/mol. The molecule has 0 aromatic heterocycles. The summed E-state index contributed by atoms with van der Waals surface area (Å²) >= 11 is 0.